The fourth-order valence-electron chi connectivity index (χ4n) is 2.97. The molecular weight excluding hydrogens is 320 g/mol. The molecule has 1 aliphatic carbocycles. The molecule has 0 heterocycles. The molecule has 0 N–H and O–H groups in total. The SMILES string of the molecule is COC(=O)C1=CC(CO[Si](C)(C)OC(C)(C)C)C=C(C(C)C)CC1. The topological polar surface area (TPSA) is 44.8 Å². The molecule has 0 aromatic heterocycles. The van der Waals surface area contributed by atoms with Gasteiger partial charge in [0.2, 0.25) is 0 Å². The zero-order chi connectivity index (χ0) is 18.5. The van der Waals surface area contributed by atoms with Gasteiger partial charge in [0.25, 0.3) is 0 Å². The van der Waals surface area contributed by atoms with Gasteiger partial charge in [-0.1, -0.05) is 31.6 Å². The molecule has 0 amide bonds. The number of methoxy groups -OCH3 is 1. The van der Waals surface area contributed by atoms with Crippen molar-refractivity contribution in [2.24, 2.45) is 11.8 Å². The van der Waals surface area contributed by atoms with Crippen LogP contribution in [-0.2, 0) is 18.4 Å². The van der Waals surface area contributed by atoms with E-state index in [1.807, 2.05) is 26.8 Å². The Morgan fingerprint density at radius 1 is 1.25 bits per heavy atom. The van der Waals surface area contributed by atoms with Crippen molar-refractivity contribution >= 4 is 14.5 Å². The molecule has 5 heteroatoms. The normalized spacial score (nSPS) is 19.6. The number of allylic oxidation sites excluding steroid dienone is 1. The van der Waals surface area contributed by atoms with Crippen LogP contribution in [0.1, 0.15) is 47.5 Å². The summed E-state index contributed by atoms with van der Waals surface area (Å²) in [7, 11) is -0.786. The molecular formula is C19H34O4Si. The maximum atomic E-state index is 12.0. The zero-order valence-electron chi connectivity index (χ0n) is 16.6. The van der Waals surface area contributed by atoms with Crippen LogP contribution in [0.25, 0.3) is 0 Å². The minimum Gasteiger partial charge on any atom is -0.466 e. The smallest absolute Gasteiger partial charge is 0.333 e. The first-order valence-electron chi connectivity index (χ1n) is 8.77. The van der Waals surface area contributed by atoms with Gasteiger partial charge in [0, 0.05) is 18.1 Å². The second-order valence-electron chi connectivity index (χ2n) is 8.17. The van der Waals surface area contributed by atoms with E-state index >= 15 is 0 Å². The standard InChI is InChI=1S/C19H34O4Si/c1-14(2)16-9-10-17(18(20)21-6)12-15(11-16)13-22-24(7,8)23-19(3,4)5/h11-12,14-15H,9-10,13H2,1-8H3. The number of hydrogen-bond donors (Lipinski definition) is 0. The second kappa shape index (κ2) is 8.45. The minimum atomic E-state index is -2.22. The largest absolute Gasteiger partial charge is 0.466 e. The van der Waals surface area contributed by atoms with Crippen LogP contribution in [0.3, 0.4) is 0 Å². The van der Waals surface area contributed by atoms with Crippen molar-refractivity contribution in [1.29, 1.82) is 0 Å². The molecule has 1 aliphatic rings. The summed E-state index contributed by atoms with van der Waals surface area (Å²) in [5, 5.41) is 0. The number of hydrogen-bond acceptors (Lipinski definition) is 4. The average molecular weight is 355 g/mol. The van der Waals surface area contributed by atoms with Gasteiger partial charge in [-0.3, -0.25) is 0 Å². The first-order valence-corrected chi connectivity index (χ1v) is 11.6. The number of rotatable bonds is 6. The summed E-state index contributed by atoms with van der Waals surface area (Å²) in [6.45, 7) is 15.2. The fraction of sp³-hybridized carbons (Fsp3) is 0.737. The number of ether oxygens (including phenoxy) is 1. The van der Waals surface area contributed by atoms with Crippen LogP contribution >= 0.6 is 0 Å². The van der Waals surface area contributed by atoms with Crippen molar-refractivity contribution in [3.8, 4) is 0 Å². The van der Waals surface area contributed by atoms with Crippen LogP contribution in [0.5, 0.6) is 0 Å². The monoisotopic (exact) mass is 354 g/mol. The molecule has 0 bridgehead atoms. The molecule has 0 aromatic rings. The van der Waals surface area contributed by atoms with Gasteiger partial charge in [0.05, 0.1) is 12.7 Å². The lowest BCUT2D eigenvalue weighted by Crippen LogP contribution is -2.43. The summed E-state index contributed by atoms with van der Waals surface area (Å²) in [5.41, 5.74) is 1.90. The Bertz CT molecular complexity index is 498. The lowest BCUT2D eigenvalue weighted by molar-refractivity contribution is -0.136. The minimum absolute atomic E-state index is 0.0781. The van der Waals surface area contributed by atoms with Crippen molar-refractivity contribution in [2.45, 2.75) is 66.2 Å². The van der Waals surface area contributed by atoms with Crippen LogP contribution in [0, 0.1) is 11.8 Å². The lowest BCUT2D eigenvalue weighted by atomic mass is 9.96. The van der Waals surface area contributed by atoms with Crippen LogP contribution in [0.2, 0.25) is 13.1 Å². The van der Waals surface area contributed by atoms with Gasteiger partial charge < -0.3 is 13.6 Å². The molecule has 0 saturated carbocycles. The van der Waals surface area contributed by atoms with Gasteiger partial charge >= 0.3 is 14.5 Å². The molecule has 4 nitrogen and oxygen atoms in total. The Kier molecular flexibility index (Phi) is 7.44. The maximum Gasteiger partial charge on any atom is 0.333 e. The average Bonchev–Trinajstić information content (AvgIpc) is 2.64. The highest BCUT2D eigenvalue weighted by molar-refractivity contribution is 6.64. The van der Waals surface area contributed by atoms with E-state index in [0.29, 0.717) is 12.5 Å². The highest BCUT2D eigenvalue weighted by Gasteiger charge is 2.31. The number of carbonyl (C=O) groups excluding carboxylic acids is 1. The quantitative estimate of drug-likeness (QED) is 0.397. The third kappa shape index (κ3) is 7.32. The highest BCUT2D eigenvalue weighted by atomic mass is 28.4. The molecule has 0 radical (unpaired) electrons. The van der Waals surface area contributed by atoms with Crippen molar-refractivity contribution in [1.82, 2.24) is 0 Å². The Morgan fingerprint density at radius 2 is 1.88 bits per heavy atom. The second-order valence-corrected chi connectivity index (χ2v) is 11.5. The first-order chi connectivity index (χ1) is 10.9. The molecule has 1 atom stereocenters. The van der Waals surface area contributed by atoms with Gasteiger partial charge in [-0.25, -0.2) is 4.79 Å². The zero-order valence-corrected chi connectivity index (χ0v) is 17.6. The van der Waals surface area contributed by atoms with E-state index in [1.165, 1.54) is 12.7 Å². The molecule has 0 fully saturated rings. The Labute approximate surface area is 148 Å². The summed E-state index contributed by atoms with van der Waals surface area (Å²) in [4.78, 5) is 12.0. The molecule has 0 saturated heterocycles. The molecule has 0 aromatic carbocycles. The van der Waals surface area contributed by atoms with Crippen molar-refractivity contribution in [3.05, 3.63) is 23.3 Å². The summed E-state index contributed by atoms with van der Waals surface area (Å²) >= 11 is 0. The van der Waals surface area contributed by atoms with E-state index in [9.17, 15) is 4.79 Å². The predicted octanol–water partition coefficient (Wildman–Crippen LogP) is 4.61. The van der Waals surface area contributed by atoms with E-state index < -0.39 is 8.56 Å². The molecule has 0 spiro atoms. The first kappa shape index (κ1) is 21.1. The van der Waals surface area contributed by atoms with E-state index in [-0.39, 0.29) is 17.5 Å². The molecule has 1 unspecified atom stereocenters. The van der Waals surface area contributed by atoms with Gasteiger partial charge in [-0.15, -0.1) is 0 Å². The van der Waals surface area contributed by atoms with E-state index in [1.54, 1.807) is 0 Å². The summed E-state index contributed by atoms with van der Waals surface area (Å²) in [6.07, 6.45) is 5.88. The van der Waals surface area contributed by atoms with Crippen LogP contribution in [0.4, 0.5) is 0 Å². The van der Waals surface area contributed by atoms with Gasteiger partial charge in [-0.2, -0.15) is 0 Å². The van der Waals surface area contributed by atoms with Crippen LogP contribution in [0.15, 0.2) is 23.3 Å². The Morgan fingerprint density at radius 3 is 2.38 bits per heavy atom. The summed E-state index contributed by atoms with van der Waals surface area (Å²) in [6, 6.07) is 0. The van der Waals surface area contributed by atoms with E-state index in [0.717, 1.165) is 18.4 Å². The number of carbonyl (C=O) groups is 1. The molecule has 138 valence electrons. The highest BCUT2D eigenvalue weighted by Crippen LogP contribution is 2.28. The van der Waals surface area contributed by atoms with E-state index in [2.05, 4.69) is 33.0 Å². The number of esters is 1. The van der Waals surface area contributed by atoms with Crippen molar-refractivity contribution in [3.63, 3.8) is 0 Å². The van der Waals surface area contributed by atoms with E-state index in [4.69, 9.17) is 13.6 Å². The third-order valence-electron chi connectivity index (χ3n) is 3.89. The molecule has 1 rings (SSSR count). The van der Waals surface area contributed by atoms with Gasteiger partial charge in [0.15, 0.2) is 0 Å². The Balaban J connectivity index is 2.88. The van der Waals surface area contributed by atoms with Gasteiger partial charge in [-0.05, 0) is 52.6 Å². The van der Waals surface area contributed by atoms with Crippen LogP contribution < -0.4 is 0 Å². The van der Waals surface area contributed by atoms with Gasteiger partial charge in [0.1, 0.15) is 0 Å². The van der Waals surface area contributed by atoms with Crippen LogP contribution in [-0.4, -0.2) is 33.8 Å². The predicted molar refractivity (Wildman–Crippen MR) is 100 cm³/mol. The molecule has 0 aliphatic heterocycles. The third-order valence-corrected chi connectivity index (χ3v) is 5.86. The maximum absolute atomic E-state index is 12.0. The lowest BCUT2D eigenvalue weighted by Gasteiger charge is -2.32. The summed E-state index contributed by atoms with van der Waals surface area (Å²) in [5.74, 6) is 0.309. The molecule has 24 heavy (non-hydrogen) atoms. The van der Waals surface area contributed by atoms with Crippen molar-refractivity contribution in [2.75, 3.05) is 13.7 Å². The Hall–Kier alpha value is -0.913. The van der Waals surface area contributed by atoms with Crippen molar-refractivity contribution < 1.29 is 18.4 Å². The fourth-order valence-corrected chi connectivity index (χ4v) is 5.10. The summed E-state index contributed by atoms with van der Waals surface area (Å²) < 4.78 is 17.2.